The second kappa shape index (κ2) is 5.68. The molecule has 1 aromatic rings. The van der Waals surface area contributed by atoms with Crippen LogP contribution >= 0.6 is 0 Å². The normalized spacial score (nSPS) is 30.3. The van der Waals surface area contributed by atoms with Gasteiger partial charge < -0.3 is 14.6 Å². The highest BCUT2D eigenvalue weighted by Crippen LogP contribution is 2.58. The number of allylic oxidation sites excluding steroid dienone is 4. The molecule has 2 amide bonds. The molecule has 9 heteroatoms. The Balaban J connectivity index is 1.43. The topological polar surface area (TPSA) is 112 Å². The molecule has 4 aliphatic rings. The highest BCUT2D eigenvalue weighted by Gasteiger charge is 2.48. The maximum Gasteiger partial charge on any atom is 0.354 e. The molecule has 1 aromatic heterocycles. The lowest BCUT2D eigenvalue weighted by Crippen LogP contribution is -2.46. The Bertz CT molecular complexity index is 1030. The third kappa shape index (κ3) is 2.55. The largest absolute Gasteiger partial charge is 0.477 e. The number of rotatable bonds is 2. The summed E-state index contributed by atoms with van der Waals surface area (Å²) < 4.78 is 24.0. The molecule has 3 N–H and O–H groups in total. The monoisotopic (exact) mass is 389 g/mol. The Kier molecular flexibility index (Phi) is 3.58. The number of nitrogens with two attached hydrogens (primary N) is 1. The second-order valence-corrected chi connectivity index (χ2v) is 9.71. The van der Waals surface area contributed by atoms with Gasteiger partial charge in [0.1, 0.15) is 0 Å². The first kappa shape index (κ1) is 17.0. The highest BCUT2D eigenvalue weighted by atomic mass is 32.2. The van der Waals surface area contributed by atoms with Crippen LogP contribution in [0.2, 0.25) is 0 Å². The summed E-state index contributed by atoms with van der Waals surface area (Å²) in [5.41, 5.74) is 3.60. The van der Waals surface area contributed by atoms with Crippen molar-refractivity contribution in [1.29, 1.82) is 0 Å². The van der Waals surface area contributed by atoms with Gasteiger partial charge in [-0.1, -0.05) is 13.0 Å². The Morgan fingerprint density at radius 2 is 2.37 bits per heavy atom. The number of urea groups is 1. The summed E-state index contributed by atoms with van der Waals surface area (Å²) in [5.74, 6) is 0.647. The summed E-state index contributed by atoms with van der Waals surface area (Å²) >= 11 is 0. The zero-order chi connectivity index (χ0) is 18.8. The van der Waals surface area contributed by atoms with Gasteiger partial charge in [-0.2, -0.15) is 0 Å². The molecule has 1 aliphatic heterocycles. The number of imidazole rings is 1. The Morgan fingerprint density at radius 1 is 1.52 bits per heavy atom. The van der Waals surface area contributed by atoms with Crippen molar-refractivity contribution in [3.8, 4) is 5.88 Å². The molecule has 2 saturated carbocycles. The van der Waals surface area contributed by atoms with Gasteiger partial charge in [0.25, 0.3) is 0 Å². The first-order valence-corrected chi connectivity index (χ1v) is 10.9. The van der Waals surface area contributed by atoms with E-state index in [1.165, 1.54) is 17.5 Å². The number of carbonyl (C=O) groups excluding carboxylic acids is 1. The maximum atomic E-state index is 12.9. The van der Waals surface area contributed by atoms with Gasteiger partial charge in [0, 0.05) is 18.2 Å². The summed E-state index contributed by atoms with van der Waals surface area (Å²) in [6.07, 6.45) is 8.93. The Labute approximate surface area is 158 Å². The van der Waals surface area contributed by atoms with Gasteiger partial charge in [0.05, 0.1) is 12.9 Å². The van der Waals surface area contributed by atoms with Crippen LogP contribution in [-0.4, -0.2) is 26.4 Å². The van der Waals surface area contributed by atoms with Gasteiger partial charge in [-0.3, -0.25) is 0 Å². The maximum absolute atomic E-state index is 12.9. The predicted octanol–water partition coefficient (Wildman–Crippen LogP) is 2.48. The summed E-state index contributed by atoms with van der Waals surface area (Å²) in [6.45, 7) is 3.45. The number of hydrogen-bond acceptors (Lipinski definition) is 4. The van der Waals surface area contributed by atoms with E-state index in [0.717, 1.165) is 44.3 Å². The van der Waals surface area contributed by atoms with Gasteiger partial charge in [-0.15, -0.1) is 4.36 Å². The van der Waals surface area contributed by atoms with E-state index in [1.807, 2.05) is 0 Å². The summed E-state index contributed by atoms with van der Waals surface area (Å²) in [6, 6.07) is -0.676. The van der Waals surface area contributed by atoms with E-state index in [2.05, 4.69) is 27.7 Å². The molecule has 5 rings (SSSR count). The zero-order valence-electron chi connectivity index (χ0n) is 15.2. The molecular formula is C18H23N5O3S. The molecule has 0 spiro atoms. The van der Waals surface area contributed by atoms with Crippen molar-refractivity contribution in [3.05, 3.63) is 29.2 Å². The number of ether oxygens (including phenoxy) is 1. The first-order valence-electron chi connectivity index (χ1n) is 9.36. The fraction of sp³-hybridized carbons (Fsp3) is 0.556. The van der Waals surface area contributed by atoms with Crippen molar-refractivity contribution < 1.29 is 13.7 Å². The van der Waals surface area contributed by atoms with Crippen molar-refractivity contribution in [2.75, 3.05) is 6.61 Å². The quantitative estimate of drug-likeness (QED) is 0.809. The van der Waals surface area contributed by atoms with E-state index < -0.39 is 15.9 Å². The predicted molar refractivity (Wildman–Crippen MR) is 99.1 cm³/mol. The van der Waals surface area contributed by atoms with Crippen LogP contribution in [0.1, 0.15) is 39.0 Å². The second-order valence-electron chi connectivity index (χ2n) is 8.00. The smallest absolute Gasteiger partial charge is 0.354 e. The lowest BCUT2D eigenvalue weighted by Gasteiger charge is -2.52. The zero-order valence-corrected chi connectivity index (χ0v) is 16.1. The van der Waals surface area contributed by atoms with E-state index in [1.54, 1.807) is 4.57 Å². The number of aromatic nitrogens is 2. The first-order chi connectivity index (χ1) is 12.9. The molecule has 8 nitrogen and oxygen atoms in total. The molecule has 3 aliphatic carbocycles. The van der Waals surface area contributed by atoms with Gasteiger partial charge >= 0.3 is 6.03 Å². The van der Waals surface area contributed by atoms with Crippen LogP contribution in [0.15, 0.2) is 38.6 Å². The summed E-state index contributed by atoms with van der Waals surface area (Å²) in [4.78, 5) is 16.7. The van der Waals surface area contributed by atoms with Crippen LogP contribution in [0.4, 0.5) is 4.79 Å². The van der Waals surface area contributed by atoms with Crippen LogP contribution in [-0.2, 0) is 16.5 Å². The molecule has 0 radical (unpaired) electrons. The molecule has 2 heterocycles. The van der Waals surface area contributed by atoms with Gasteiger partial charge in [0.2, 0.25) is 10.9 Å². The molecule has 27 heavy (non-hydrogen) atoms. The van der Waals surface area contributed by atoms with Crippen molar-refractivity contribution in [3.63, 3.8) is 0 Å². The number of fused-ring (bicyclic) bond motifs is 3. The average molecular weight is 389 g/mol. The van der Waals surface area contributed by atoms with E-state index >= 15 is 0 Å². The lowest BCUT2D eigenvalue weighted by atomic mass is 9.54. The number of nitrogens with zero attached hydrogens (tertiary/aromatic N) is 3. The fourth-order valence-electron chi connectivity index (χ4n) is 4.59. The highest BCUT2D eigenvalue weighted by molar-refractivity contribution is 7.91. The van der Waals surface area contributed by atoms with Crippen molar-refractivity contribution >= 4 is 15.9 Å². The van der Waals surface area contributed by atoms with Gasteiger partial charge in [0.15, 0.2) is 9.92 Å². The number of carbonyl (C=O) groups is 1. The number of nitrogens with one attached hydrogen (secondary N) is 1. The fourth-order valence-corrected chi connectivity index (χ4v) is 5.59. The van der Waals surface area contributed by atoms with Crippen molar-refractivity contribution in [1.82, 2.24) is 14.9 Å². The molecule has 0 aromatic carbocycles. The van der Waals surface area contributed by atoms with Crippen LogP contribution in [0, 0.1) is 11.3 Å². The van der Waals surface area contributed by atoms with Crippen molar-refractivity contribution in [2.45, 2.75) is 50.6 Å². The van der Waals surface area contributed by atoms with Crippen LogP contribution in [0.3, 0.4) is 0 Å². The molecule has 0 bridgehead atoms. The molecule has 144 valence electrons. The SMILES string of the molecule is CC12C=C3CCC3=C(NC(=O)N=S(N)(=O)c3ncn4c3OCCC4)C1CC2. The summed E-state index contributed by atoms with van der Waals surface area (Å²) in [7, 11) is -3.48. The van der Waals surface area contributed by atoms with E-state index in [0.29, 0.717) is 18.4 Å². The summed E-state index contributed by atoms with van der Waals surface area (Å²) in [5, 5.41) is 8.85. The Morgan fingerprint density at radius 3 is 3.07 bits per heavy atom. The molecule has 3 atom stereocenters. The minimum Gasteiger partial charge on any atom is -0.477 e. The minimum absolute atomic E-state index is 0.0383. The third-order valence-electron chi connectivity index (χ3n) is 6.25. The molecular weight excluding hydrogens is 366 g/mol. The number of hydrogen-bond donors (Lipinski definition) is 2. The van der Waals surface area contributed by atoms with Crippen LogP contribution in [0.25, 0.3) is 0 Å². The number of aryl methyl sites for hydroxylation is 1. The Hall–Kier alpha value is -2.13. The van der Waals surface area contributed by atoms with E-state index in [-0.39, 0.29) is 10.4 Å². The lowest BCUT2D eigenvalue weighted by molar-refractivity contribution is 0.125. The molecule has 0 saturated heterocycles. The van der Waals surface area contributed by atoms with Crippen LogP contribution < -0.4 is 15.2 Å². The van der Waals surface area contributed by atoms with Crippen molar-refractivity contribution in [2.24, 2.45) is 20.8 Å². The van der Waals surface area contributed by atoms with Crippen LogP contribution in [0.5, 0.6) is 5.88 Å². The standard InChI is InChI=1S/C18H23N5O3S/c1-18-6-5-13(18)14(12-4-3-11(12)9-18)21-17(24)22-27(19,25)15-16-23(10-20-15)7-2-8-26-16/h9-10,13H,2-8H2,1H3,(H3,19,21,22,24,25). The van der Waals surface area contributed by atoms with Gasteiger partial charge in [-0.05, 0) is 48.7 Å². The van der Waals surface area contributed by atoms with E-state index in [4.69, 9.17) is 9.88 Å². The molecule has 3 unspecified atom stereocenters. The minimum atomic E-state index is -3.48. The van der Waals surface area contributed by atoms with E-state index in [9.17, 15) is 9.00 Å². The van der Waals surface area contributed by atoms with Gasteiger partial charge in [-0.25, -0.2) is 19.1 Å². The third-order valence-corrected chi connectivity index (χ3v) is 7.53. The molecule has 2 fully saturated rings. The average Bonchev–Trinajstić information content (AvgIpc) is 3.01. The number of amides is 2.